The van der Waals surface area contributed by atoms with Gasteiger partial charge in [-0.25, -0.2) is 0 Å². The quantitative estimate of drug-likeness (QED) is 0.787. The second kappa shape index (κ2) is 5.28. The fraction of sp³-hybridized carbons (Fsp3) is 0.188. The zero-order chi connectivity index (χ0) is 13.2. The Labute approximate surface area is 122 Å². The summed E-state index contributed by atoms with van der Waals surface area (Å²) < 4.78 is 0. The molecule has 0 fully saturated rings. The SMILES string of the molecule is N#Cc1c(Cl)cccc1Sc1ccc2c(c1)CCC2. The molecule has 0 N–H and O–H groups in total. The molecule has 1 aliphatic carbocycles. The normalized spacial score (nSPS) is 13.1. The molecule has 19 heavy (non-hydrogen) atoms. The molecule has 0 spiro atoms. The minimum Gasteiger partial charge on any atom is -0.192 e. The Morgan fingerprint density at radius 1 is 1.11 bits per heavy atom. The van der Waals surface area contributed by atoms with Crippen molar-refractivity contribution in [1.29, 1.82) is 5.26 Å². The minimum absolute atomic E-state index is 0.522. The van der Waals surface area contributed by atoms with Crippen molar-refractivity contribution in [3.8, 4) is 6.07 Å². The van der Waals surface area contributed by atoms with E-state index in [0.717, 1.165) is 4.90 Å². The number of rotatable bonds is 2. The van der Waals surface area contributed by atoms with Crippen molar-refractivity contribution in [2.75, 3.05) is 0 Å². The van der Waals surface area contributed by atoms with Crippen molar-refractivity contribution < 1.29 is 0 Å². The number of nitrogens with zero attached hydrogens (tertiary/aromatic N) is 1. The number of hydrogen-bond acceptors (Lipinski definition) is 2. The van der Waals surface area contributed by atoms with Crippen molar-refractivity contribution >= 4 is 23.4 Å². The Kier molecular flexibility index (Phi) is 3.50. The van der Waals surface area contributed by atoms with Crippen molar-refractivity contribution in [2.45, 2.75) is 29.1 Å². The van der Waals surface area contributed by atoms with E-state index >= 15 is 0 Å². The second-order valence-electron chi connectivity index (χ2n) is 4.61. The molecule has 0 saturated heterocycles. The highest BCUT2D eigenvalue weighted by Crippen LogP contribution is 2.35. The topological polar surface area (TPSA) is 23.8 Å². The van der Waals surface area contributed by atoms with Crippen LogP contribution in [0.4, 0.5) is 0 Å². The van der Waals surface area contributed by atoms with E-state index in [0.29, 0.717) is 10.6 Å². The largest absolute Gasteiger partial charge is 0.192 e. The monoisotopic (exact) mass is 285 g/mol. The Hall–Kier alpha value is -1.43. The fourth-order valence-corrected chi connectivity index (χ4v) is 3.70. The van der Waals surface area contributed by atoms with Gasteiger partial charge in [0.25, 0.3) is 0 Å². The summed E-state index contributed by atoms with van der Waals surface area (Å²) >= 11 is 7.67. The maximum absolute atomic E-state index is 9.18. The molecule has 0 amide bonds. The van der Waals surface area contributed by atoms with Gasteiger partial charge in [0.15, 0.2) is 0 Å². The third kappa shape index (κ3) is 2.49. The summed E-state index contributed by atoms with van der Waals surface area (Å²) in [5, 5.41) is 9.71. The highest BCUT2D eigenvalue weighted by Gasteiger charge is 2.13. The molecule has 0 atom stereocenters. The van der Waals surface area contributed by atoms with Crippen LogP contribution in [0, 0.1) is 11.3 Å². The third-order valence-corrected chi connectivity index (χ3v) is 4.75. The smallest absolute Gasteiger partial charge is 0.102 e. The van der Waals surface area contributed by atoms with Gasteiger partial charge in [-0.3, -0.25) is 0 Å². The van der Waals surface area contributed by atoms with E-state index in [9.17, 15) is 5.26 Å². The van der Waals surface area contributed by atoms with Gasteiger partial charge in [0.05, 0.1) is 10.6 Å². The van der Waals surface area contributed by atoms with E-state index in [1.165, 1.54) is 35.3 Å². The summed E-state index contributed by atoms with van der Waals surface area (Å²) in [5.41, 5.74) is 3.48. The lowest BCUT2D eigenvalue weighted by Crippen LogP contribution is -1.85. The third-order valence-electron chi connectivity index (χ3n) is 3.38. The van der Waals surface area contributed by atoms with Crippen LogP contribution in [0.15, 0.2) is 46.2 Å². The van der Waals surface area contributed by atoms with E-state index in [2.05, 4.69) is 24.3 Å². The summed E-state index contributed by atoms with van der Waals surface area (Å²) in [6.07, 6.45) is 3.62. The maximum Gasteiger partial charge on any atom is 0.102 e. The Balaban J connectivity index is 1.94. The van der Waals surface area contributed by atoms with Gasteiger partial charge in [-0.15, -0.1) is 0 Å². The van der Waals surface area contributed by atoms with Crippen LogP contribution < -0.4 is 0 Å². The lowest BCUT2D eigenvalue weighted by Gasteiger charge is -2.07. The van der Waals surface area contributed by atoms with Gasteiger partial charge < -0.3 is 0 Å². The number of fused-ring (bicyclic) bond motifs is 1. The summed E-state index contributed by atoms with van der Waals surface area (Å²) in [4.78, 5) is 2.10. The predicted molar refractivity (Wildman–Crippen MR) is 78.8 cm³/mol. The van der Waals surface area contributed by atoms with Crippen molar-refractivity contribution in [2.24, 2.45) is 0 Å². The molecule has 0 radical (unpaired) electrons. The van der Waals surface area contributed by atoms with Crippen molar-refractivity contribution in [3.63, 3.8) is 0 Å². The van der Waals surface area contributed by atoms with E-state index < -0.39 is 0 Å². The van der Waals surface area contributed by atoms with E-state index in [-0.39, 0.29) is 0 Å². The van der Waals surface area contributed by atoms with Crippen molar-refractivity contribution in [3.05, 3.63) is 58.1 Å². The van der Waals surface area contributed by atoms with Gasteiger partial charge in [0.1, 0.15) is 6.07 Å². The molecular formula is C16H12ClNS. The highest BCUT2D eigenvalue weighted by atomic mass is 35.5. The Morgan fingerprint density at radius 3 is 2.79 bits per heavy atom. The van der Waals surface area contributed by atoms with Crippen LogP contribution in [0.5, 0.6) is 0 Å². The van der Waals surface area contributed by atoms with Gasteiger partial charge in [-0.05, 0) is 54.7 Å². The number of hydrogen-bond donors (Lipinski definition) is 0. The van der Waals surface area contributed by atoms with Gasteiger partial charge >= 0.3 is 0 Å². The molecule has 0 aromatic heterocycles. The van der Waals surface area contributed by atoms with E-state index in [4.69, 9.17) is 11.6 Å². The lowest BCUT2D eigenvalue weighted by atomic mass is 10.1. The summed E-state index contributed by atoms with van der Waals surface area (Å²) in [6.45, 7) is 0. The van der Waals surface area contributed by atoms with Gasteiger partial charge in [-0.1, -0.05) is 35.5 Å². The van der Waals surface area contributed by atoms with Gasteiger partial charge in [-0.2, -0.15) is 5.26 Å². The number of benzene rings is 2. The average Bonchev–Trinajstić information content (AvgIpc) is 2.86. The van der Waals surface area contributed by atoms with Crippen LogP contribution >= 0.6 is 23.4 Å². The summed E-state index contributed by atoms with van der Waals surface area (Å²) in [5.74, 6) is 0. The number of aryl methyl sites for hydroxylation is 2. The first kappa shape index (κ1) is 12.6. The minimum atomic E-state index is 0.522. The maximum atomic E-state index is 9.18. The Bertz CT molecular complexity index is 673. The fourth-order valence-electron chi connectivity index (χ4n) is 2.44. The van der Waals surface area contributed by atoms with Crippen LogP contribution in [-0.2, 0) is 12.8 Å². The van der Waals surface area contributed by atoms with Crippen LogP contribution in [0.25, 0.3) is 0 Å². The van der Waals surface area contributed by atoms with Gasteiger partial charge in [0, 0.05) is 9.79 Å². The Morgan fingerprint density at radius 2 is 1.95 bits per heavy atom. The predicted octanol–water partition coefficient (Wildman–Crippen LogP) is 4.85. The lowest BCUT2D eigenvalue weighted by molar-refractivity contribution is 0.911. The first-order chi connectivity index (χ1) is 9.28. The number of nitriles is 1. The highest BCUT2D eigenvalue weighted by molar-refractivity contribution is 7.99. The zero-order valence-electron chi connectivity index (χ0n) is 10.3. The van der Waals surface area contributed by atoms with E-state index in [1.807, 2.05) is 12.1 Å². The summed E-state index contributed by atoms with van der Waals surface area (Å²) in [7, 11) is 0. The molecule has 3 rings (SSSR count). The molecule has 0 saturated carbocycles. The first-order valence-electron chi connectivity index (χ1n) is 6.26. The first-order valence-corrected chi connectivity index (χ1v) is 7.45. The van der Waals surface area contributed by atoms with Crippen LogP contribution in [0.1, 0.15) is 23.1 Å². The van der Waals surface area contributed by atoms with E-state index in [1.54, 1.807) is 17.8 Å². The molecule has 2 aromatic rings. The second-order valence-corrected chi connectivity index (χ2v) is 6.13. The molecule has 0 heterocycles. The number of halogens is 1. The molecule has 3 heteroatoms. The zero-order valence-corrected chi connectivity index (χ0v) is 11.9. The molecule has 0 unspecified atom stereocenters. The molecule has 0 bridgehead atoms. The van der Waals surface area contributed by atoms with Crippen LogP contribution in [0.3, 0.4) is 0 Å². The standard InChI is InChI=1S/C16H12ClNS/c17-15-5-2-6-16(14(15)10-18)19-13-8-7-11-3-1-4-12(11)9-13/h2,5-9H,1,3-4H2. The molecule has 1 nitrogen and oxygen atoms in total. The molecule has 2 aromatic carbocycles. The van der Waals surface area contributed by atoms with Crippen molar-refractivity contribution in [1.82, 2.24) is 0 Å². The molecule has 1 aliphatic rings. The molecule has 94 valence electrons. The van der Waals surface area contributed by atoms with Gasteiger partial charge in [0.2, 0.25) is 0 Å². The molecule has 0 aliphatic heterocycles. The molecular weight excluding hydrogens is 274 g/mol. The van der Waals surface area contributed by atoms with Crippen LogP contribution in [0.2, 0.25) is 5.02 Å². The van der Waals surface area contributed by atoms with Crippen LogP contribution in [-0.4, -0.2) is 0 Å². The summed E-state index contributed by atoms with van der Waals surface area (Å²) in [6, 6.07) is 14.4. The average molecular weight is 286 g/mol.